The van der Waals surface area contributed by atoms with Crippen LogP contribution in [-0.4, -0.2) is 67.2 Å². The maximum Gasteiger partial charge on any atom is 0.250 e. The van der Waals surface area contributed by atoms with Crippen molar-refractivity contribution in [3.63, 3.8) is 0 Å². The number of rotatable bonds is 7. The first kappa shape index (κ1) is 27.8. The molecule has 2 aromatic rings. The Kier molecular flexibility index (Phi) is 9.78. The number of nitrogens with zero attached hydrogens (tertiary/aromatic N) is 2. The van der Waals surface area contributed by atoms with Crippen molar-refractivity contribution in [2.24, 2.45) is 5.92 Å². The number of carbonyl (C=O) groups excluding carboxylic acids is 2. The fourth-order valence-corrected chi connectivity index (χ4v) is 3.67. The predicted octanol–water partition coefficient (Wildman–Crippen LogP) is 2.63. The highest BCUT2D eigenvalue weighted by Crippen LogP contribution is 2.31. The van der Waals surface area contributed by atoms with Gasteiger partial charge in [0, 0.05) is 14.1 Å². The number of nitrogens with one attached hydrogen (secondary N) is 2. The minimum absolute atomic E-state index is 0.284. The van der Waals surface area contributed by atoms with Gasteiger partial charge in [0.1, 0.15) is 21.6 Å². The van der Waals surface area contributed by atoms with E-state index < -0.39 is 17.7 Å². The Bertz CT molecular complexity index is 1130. The van der Waals surface area contributed by atoms with Gasteiger partial charge in [-0.15, -0.1) is 0 Å². The van der Waals surface area contributed by atoms with Gasteiger partial charge in [0.05, 0.1) is 32.5 Å². The minimum atomic E-state index is -1.04. The summed E-state index contributed by atoms with van der Waals surface area (Å²) in [6, 6.07) is 10.8. The molecule has 0 bridgehead atoms. The molecule has 0 aliphatic heterocycles. The van der Waals surface area contributed by atoms with Gasteiger partial charge in [0.15, 0.2) is 11.5 Å². The van der Waals surface area contributed by atoms with Crippen LogP contribution in [0, 0.1) is 12.8 Å². The molecule has 0 spiro atoms. The number of carbonyl (C=O) groups is 2. The van der Waals surface area contributed by atoms with Gasteiger partial charge < -0.3 is 14.2 Å². The van der Waals surface area contributed by atoms with Crippen LogP contribution in [0.1, 0.15) is 23.6 Å². The maximum absolute atomic E-state index is 12.8. The van der Waals surface area contributed by atoms with Gasteiger partial charge in [0.25, 0.3) is 11.8 Å². The number of benzene rings is 2. The van der Waals surface area contributed by atoms with Crippen LogP contribution < -0.4 is 25.1 Å². The summed E-state index contributed by atoms with van der Waals surface area (Å²) in [5.74, 6) is -0.582. The van der Waals surface area contributed by atoms with Crippen LogP contribution in [0.3, 0.4) is 0 Å². The highest BCUT2D eigenvalue weighted by molar-refractivity contribution is 7.81. The number of aryl methyl sites for hydroxylation is 1. The lowest BCUT2D eigenvalue weighted by Crippen LogP contribution is -2.51. The molecule has 0 heterocycles. The van der Waals surface area contributed by atoms with Gasteiger partial charge >= 0.3 is 0 Å². The predicted molar refractivity (Wildman–Crippen MR) is 142 cm³/mol. The van der Waals surface area contributed by atoms with Crippen molar-refractivity contribution in [1.82, 2.24) is 20.9 Å². The number of thiocarbonyl (C=S) groups is 2. The zero-order valence-electron chi connectivity index (χ0n) is 20.8. The molecule has 1 unspecified atom stereocenters. The number of hydrogen-bond acceptors (Lipinski definition) is 7. The highest BCUT2D eigenvalue weighted by Gasteiger charge is 2.26. The third kappa shape index (κ3) is 6.37. The number of para-hydroxylation sites is 2. The zero-order chi connectivity index (χ0) is 26.3. The summed E-state index contributed by atoms with van der Waals surface area (Å²) in [7, 11) is 7.76. The lowest BCUT2D eigenvalue weighted by atomic mass is 10.1. The third-order valence-electron chi connectivity index (χ3n) is 5.23. The Morgan fingerprint density at radius 2 is 1.26 bits per heavy atom. The Balaban J connectivity index is 2.06. The molecule has 0 aromatic heterocycles. The van der Waals surface area contributed by atoms with E-state index in [1.54, 1.807) is 45.5 Å². The van der Waals surface area contributed by atoms with E-state index in [0.29, 0.717) is 33.4 Å². The summed E-state index contributed by atoms with van der Waals surface area (Å²) < 4.78 is 16.2. The normalized spacial score (nSPS) is 11.1. The topological polar surface area (TPSA) is 92.4 Å². The average molecular weight is 519 g/mol. The monoisotopic (exact) mass is 518 g/mol. The zero-order valence-corrected chi connectivity index (χ0v) is 22.4. The van der Waals surface area contributed by atoms with E-state index in [2.05, 4.69) is 10.9 Å². The Morgan fingerprint density at radius 1 is 0.800 bits per heavy atom. The van der Waals surface area contributed by atoms with Crippen molar-refractivity contribution in [2.45, 2.75) is 13.8 Å². The summed E-state index contributed by atoms with van der Waals surface area (Å²) in [4.78, 5) is 26.2. The average Bonchev–Trinajstić information content (AvgIpc) is 2.86. The Morgan fingerprint density at radius 3 is 1.71 bits per heavy atom. The molecule has 35 heavy (non-hydrogen) atoms. The smallest absolute Gasteiger partial charge is 0.250 e. The summed E-state index contributed by atoms with van der Waals surface area (Å²) in [5, 5.41) is 2.74. The van der Waals surface area contributed by atoms with Crippen molar-refractivity contribution in [3.05, 3.63) is 53.1 Å². The van der Waals surface area contributed by atoms with Crippen LogP contribution in [0.5, 0.6) is 17.2 Å². The van der Waals surface area contributed by atoms with Crippen LogP contribution in [0.15, 0.2) is 36.4 Å². The molecule has 0 radical (unpaired) electrons. The van der Waals surface area contributed by atoms with Crippen LogP contribution in [0.4, 0.5) is 0 Å². The van der Waals surface area contributed by atoms with E-state index >= 15 is 0 Å². The number of hydrazine groups is 2. The molecule has 2 amide bonds. The van der Waals surface area contributed by atoms with Gasteiger partial charge in [-0.3, -0.25) is 30.5 Å². The quantitative estimate of drug-likeness (QED) is 0.326. The largest absolute Gasteiger partial charge is 0.496 e. The van der Waals surface area contributed by atoms with Crippen molar-refractivity contribution < 1.29 is 23.8 Å². The first-order valence-corrected chi connectivity index (χ1v) is 11.4. The van der Waals surface area contributed by atoms with Crippen molar-refractivity contribution >= 4 is 46.2 Å². The molecule has 1 atom stereocenters. The molecule has 9 nitrogen and oxygen atoms in total. The second-order valence-electron chi connectivity index (χ2n) is 7.60. The molecule has 2 N–H and O–H groups in total. The molecular weight excluding hydrogens is 488 g/mol. The summed E-state index contributed by atoms with van der Waals surface area (Å²) in [6.45, 7) is 3.38. The van der Waals surface area contributed by atoms with Crippen molar-refractivity contribution in [2.75, 3.05) is 35.4 Å². The second-order valence-corrected chi connectivity index (χ2v) is 8.37. The fourth-order valence-electron chi connectivity index (χ4n) is 3.25. The van der Waals surface area contributed by atoms with Crippen molar-refractivity contribution in [1.29, 1.82) is 0 Å². The summed E-state index contributed by atoms with van der Waals surface area (Å²) in [6.07, 6.45) is 0. The molecule has 11 heteroatoms. The Hall–Kier alpha value is -3.44. The van der Waals surface area contributed by atoms with Gasteiger partial charge in [-0.2, -0.15) is 0 Å². The first-order chi connectivity index (χ1) is 16.6. The minimum Gasteiger partial charge on any atom is -0.496 e. The Labute approximate surface area is 216 Å². The van der Waals surface area contributed by atoms with E-state index in [1.165, 1.54) is 31.2 Å². The lowest BCUT2D eigenvalue weighted by molar-refractivity contribution is -0.137. The summed E-state index contributed by atoms with van der Waals surface area (Å²) in [5.41, 5.74) is 7.39. The van der Waals surface area contributed by atoms with E-state index in [1.807, 2.05) is 19.1 Å². The molecule has 0 aliphatic rings. The van der Waals surface area contributed by atoms with Gasteiger partial charge in [-0.25, -0.2) is 0 Å². The number of hydrogen-bond donors (Lipinski definition) is 2. The van der Waals surface area contributed by atoms with E-state index in [4.69, 9.17) is 38.6 Å². The highest BCUT2D eigenvalue weighted by atomic mass is 32.1. The summed E-state index contributed by atoms with van der Waals surface area (Å²) >= 11 is 11.0. The van der Waals surface area contributed by atoms with Crippen LogP contribution in [-0.2, 0) is 9.59 Å². The van der Waals surface area contributed by atoms with Gasteiger partial charge in [-0.1, -0.05) is 42.6 Å². The number of ether oxygens (including phenoxy) is 3. The number of amides is 2. The lowest BCUT2D eigenvalue weighted by Gasteiger charge is -2.26. The molecule has 0 aliphatic carbocycles. The SMILES string of the molecule is COc1cccc(C(=S)N(C)NC(=O)C(C)C(=O)NN(C)C(=S)c2cccc(C)c2OC)c1OC. The third-order valence-corrected chi connectivity index (χ3v) is 6.22. The van der Waals surface area contributed by atoms with E-state index in [0.717, 1.165) is 5.56 Å². The maximum atomic E-state index is 12.8. The van der Waals surface area contributed by atoms with Crippen LogP contribution in [0.2, 0.25) is 0 Å². The molecular formula is C24H30N4O5S2. The molecule has 188 valence electrons. The van der Waals surface area contributed by atoms with Crippen LogP contribution >= 0.6 is 24.4 Å². The van der Waals surface area contributed by atoms with Gasteiger partial charge in [-0.05, 0) is 37.6 Å². The van der Waals surface area contributed by atoms with Crippen molar-refractivity contribution in [3.8, 4) is 17.2 Å². The standard InChI is InChI=1S/C24H30N4O5S2/c1-14-10-8-11-16(19(14)32-6)23(34)27(3)25-21(29)15(2)22(30)26-28(4)24(35)17-12-9-13-18(31-5)20(17)33-7/h8-13,15H,1-7H3,(H,25,29)(H,26,30). The first-order valence-electron chi connectivity index (χ1n) is 10.6. The van der Waals surface area contributed by atoms with Crippen LogP contribution in [0.25, 0.3) is 0 Å². The molecule has 0 fully saturated rings. The molecule has 0 saturated carbocycles. The van der Waals surface area contributed by atoms with E-state index in [-0.39, 0.29) is 4.99 Å². The molecule has 2 rings (SSSR count). The molecule has 2 aromatic carbocycles. The second kappa shape index (κ2) is 12.3. The van der Waals surface area contributed by atoms with Gasteiger partial charge in [0.2, 0.25) is 0 Å². The molecule has 0 saturated heterocycles. The fraction of sp³-hybridized carbons (Fsp3) is 0.333. The number of methoxy groups -OCH3 is 3. The van der Waals surface area contributed by atoms with E-state index in [9.17, 15) is 9.59 Å².